The smallest absolute Gasteiger partial charge is 0.265 e. The topological polar surface area (TPSA) is 76.7 Å². The summed E-state index contributed by atoms with van der Waals surface area (Å²) in [5, 5.41) is 6.01. The van der Waals surface area contributed by atoms with Crippen LogP contribution in [-0.4, -0.2) is 25.0 Å². The molecule has 0 aliphatic heterocycles. The highest BCUT2D eigenvalue weighted by Gasteiger charge is 2.16. The number of para-hydroxylation sites is 2. The number of hydrogen-bond donors (Lipinski definition) is 2. The predicted molar refractivity (Wildman–Crippen MR) is 118 cm³/mol. The van der Waals surface area contributed by atoms with Gasteiger partial charge in [-0.2, -0.15) is 0 Å². The molecule has 2 amide bonds. The van der Waals surface area contributed by atoms with Gasteiger partial charge < -0.3 is 20.1 Å². The molecule has 0 aromatic heterocycles. The van der Waals surface area contributed by atoms with Crippen molar-refractivity contribution in [1.29, 1.82) is 0 Å². The molecule has 0 heterocycles. The number of methoxy groups -OCH3 is 1. The Bertz CT molecular complexity index is 1040. The third-order valence-corrected chi connectivity index (χ3v) is 4.58. The molecule has 7 heteroatoms. The summed E-state index contributed by atoms with van der Waals surface area (Å²) in [6, 6.07) is 20.7. The number of rotatable bonds is 7. The van der Waals surface area contributed by atoms with E-state index in [1.54, 1.807) is 79.7 Å². The quantitative estimate of drug-likeness (QED) is 0.559. The lowest BCUT2D eigenvalue weighted by Gasteiger charge is -2.16. The van der Waals surface area contributed by atoms with E-state index in [1.807, 2.05) is 0 Å². The van der Waals surface area contributed by atoms with Crippen LogP contribution in [0.1, 0.15) is 17.3 Å². The highest BCUT2D eigenvalue weighted by molar-refractivity contribution is 6.32. The lowest BCUT2D eigenvalue weighted by atomic mass is 10.2. The van der Waals surface area contributed by atoms with Gasteiger partial charge in [0.15, 0.2) is 6.10 Å². The summed E-state index contributed by atoms with van der Waals surface area (Å²) in [6.07, 6.45) is -0.741. The van der Waals surface area contributed by atoms with Gasteiger partial charge in [0, 0.05) is 11.4 Å². The highest BCUT2D eigenvalue weighted by atomic mass is 35.5. The standard InChI is InChI=1S/C23H21ClN2O4/c1-15(30-21-10-6-4-8-19(21)24)22(27)25-16-11-13-17(14-12-16)26-23(28)18-7-3-5-9-20(18)29-2/h3-15H,1-2H3,(H,25,27)(H,26,28). The summed E-state index contributed by atoms with van der Waals surface area (Å²) in [6.45, 7) is 1.64. The summed E-state index contributed by atoms with van der Waals surface area (Å²) in [5.74, 6) is 0.328. The fourth-order valence-corrected chi connectivity index (χ4v) is 2.88. The minimum absolute atomic E-state index is 0.286. The Labute approximate surface area is 179 Å². The molecule has 0 aliphatic carbocycles. The molecule has 3 aromatic rings. The minimum atomic E-state index is -0.741. The number of benzene rings is 3. The zero-order chi connectivity index (χ0) is 21.5. The molecule has 0 radical (unpaired) electrons. The molecule has 6 nitrogen and oxygen atoms in total. The van der Waals surface area contributed by atoms with Crippen LogP contribution in [0.2, 0.25) is 5.02 Å². The Balaban J connectivity index is 1.59. The number of carbonyl (C=O) groups excluding carboxylic acids is 2. The maximum atomic E-state index is 12.5. The second-order valence-electron chi connectivity index (χ2n) is 6.41. The molecule has 0 saturated heterocycles. The fraction of sp³-hybridized carbons (Fsp3) is 0.130. The summed E-state index contributed by atoms with van der Waals surface area (Å²) in [4.78, 5) is 24.8. The van der Waals surface area contributed by atoms with E-state index >= 15 is 0 Å². The van der Waals surface area contributed by atoms with Crippen molar-refractivity contribution in [3.05, 3.63) is 83.4 Å². The molecule has 0 spiro atoms. The van der Waals surface area contributed by atoms with Gasteiger partial charge in [-0.3, -0.25) is 9.59 Å². The molecule has 0 aliphatic rings. The van der Waals surface area contributed by atoms with Crippen molar-refractivity contribution < 1.29 is 19.1 Å². The van der Waals surface area contributed by atoms with Gasteiger partial charge in [-0.05, 0) is 55.5 Å². The first kappa shape index (κ1) is 21.2. The Kier molecular flexibility index (Phi) is 6.93. The van der Waals surface area contributed by atoms with Crippen LogP contribution >= 0.6 is 11.6 Å². The van der Waals surface area contributed by atoms with Crippen LogP contribution in [0.3, 0.4) is 0 Å². The molecule has 2 N–H and O–H groups in total. The number of ether oxygens (including phenoxy) is 2. The zero-order valence-corrected chi connectivity index (χ0v) is 17.3. The number of halogens is 1. The fourth-order valence-electron chi connectivity index (χ4n) is 2.70. The maximum absolute atomic E-state index is 12.5. The number of hydrogen-bond acceptors (Lipinski definition) is 4. The van der Waals surface area contributed by atoms with Gasteiger partial charge in [0.05, 0.1) is 17.7 Å². The van der Waals surface area contributed by atoms with E-state index in [1.165, 1.54) is 7.11 Å². The first-order chi connectivity index (χ1) is 14.5. The van der Waals surface area contributed by atoms with E-state index in [2.05, 4.69) is 10.6 Å². The van der Waals surface area contributed by atoms with Crippen LogP contribution in [0.4, 0.5) is 11.4 Å². The SMILES string of the molecule is COc1ccccc1C(=O)Nc1ccc(NC(=O)C(C)Oc2ccccc2Cl)cc1. The van der Waals surface area contributed by atoms with Crippen molar-refractivity contribution >= 4 is 34.8 Å². The van der Waals surface area contributed by atoms with Crippen LogP contribution in [-0.2, 0) is 4.79 Å². The lowest BCUT2D eigenvalue weighted by molar-refractivity contribution is -0.122. The number of anilines is 2. The van der Waals surface area contributed by atoms with Crippen LogP contribution in [0.5, 0.6) is 11.5 Å². The second kappa shape index (κ2) is 9.80. The van der Waals surface area contributed by atoms with E-state index in [4.69, 9.17) is 21.1 Å². The van der Waals surface area contributed by atoms with E-state index < -0.39 is 6.10 Å². The third-order valence-electron chi connectivity index (χ3n) is 4.27. The predicted octanol–water partition coefficient (Wildman–Crippen LogP) is 5.01. The molecule has 1 unspecified atom stereocenters. The lowest BCUT2D eigenvalue weighted by Crippen LogP contribution is -2.30. The summed E-state index contributed by atoms with van der Waals surface area (Å²) in [5.41, 5.74) is 1.59. The van der Waals surface area contributed by atoms with Gasteiger partial charge in [-0.25, -0.2) is 0 Å². The van der Waals surface area contributed by atoms with Crippen molar-refractivity contribution in [2.45, 2.75) is 13.0 Å². The van der Waals surface area contributed by atoms with Gasteiger partial charge >= 0.3 is 0 Å². The Morgan fingerprint density at radius 2 is 1.40 bits per heavy atom. The van der Waals surface area contributed by atoms with Crippen molar-refractivity contribution in [1.82, 2.24) is 0 Å². The van der Waals surface area contributed by atoms with Crippen molar-refractivity contribution in [2.24, 2.45) is 0 Å². The van der Waals surface area contributed by atoms with Gasteiger partial charge in [0.2, 0.25) is 0 Å². The Morgan fingerprint density at radius 3 is 2.03 bits per heavy atom. The molecule has 0 saturated carbocycles. The summed E-state index contributed by atoms with van der Waals surface area (Å²) in [7, 11) is 1.51. The van der Waals surface area contributed by atoms with Crippen LogP contribution in [0.25, 0.3) is 0 Å². The average Bonchev–Trinajstić information content (AvgIpc) is 2.76. The van der Waals surface area contributed by atoms with Crippen LogP contribution in [0.15, 0.2) is 72.8 Å². The van der Waals surface area contributed by atoms with Gasteiger partial charge in [0.25, 0.3) is 11.8 Å². The van der Waals surface area contributed by atoms with E-state index in [-0.39, 0.29) is 11.8 Å². The molecule has 30 heavy (non-hydrogen) atoms. The molecule has 0 bridgehead atoms. The van der Waals surface area contributed by atoms with E-state index in [9.17, 15) is 9.59 Å². The van der Waals surface area contributed by atoms with E-state index in [0.717, 1.165) is 0 Å². The highest BCUT2D eigenvalue weighted by Crippen LogP contribution is 2.25. The molecular formula is C23H21ClN2O4. The van der Waals surface area contributed by atoms with Gasteiger partial charge in [-0.15, -0.1) is 0 Å². The molecule has 3 aromatic carbocycles. The molecule has 1 atom stereocenters. The maximum Gasteiger partial charge on any atom is 0.265 e. The number of carbonyl (C=O) groups is 2. The Hall–Kier alpha value is -3.51. The first-order valence-corrected chi connectivity index (χ1v) is 9.62. The summed E-state index contributed by atoms with van der Waals surface area (Å²) < 4.78 is 10.8. The van der Waals surface area contributed by atoms with Crippen molar-refractivity contribution in [2.75, 3.05) is 17.7 Å². The molecule has 154 valence electrons. The largest absolute Gasteiger partial charge is 0.496 e. The third kappa shape index (κ3) is 5.30. The van der Waals surface area contributed by atoms with Crippen molar-refractivity contribution in [3.8, 4) is 11.5 Å². The van der Waals surface area contributed by atoms with Crippen molar-refractivity contribution in [3.63, 3.8) is 0 Å². The Morgan fingerprint density at radius 1 is 0.833 bits per heavy atom. The normalized spacial score (nSPS) is 11.3. The number of nitrogens with one attached hydrogen (secondary N) is 2. The molecule has 0 fully saturated rings. The van der Waals surface area contributed by atoms with Gasteiger partial charge in [0.1, 0.15) is 11.5 Å². The van der Waals surface area contributed by atoms with Crippen LogP contribution < -0.4 is 20.1 Å². The van der Waals surface area contributed by atoms with Crippen LogP contribution in [0, 0.1) is 0 Å². The molecule has 3 rings (SSSR count). The first-order valence-electron chi connectivity index (χ1n) is 9.24. The summed E-state index contributed by atoms with van der Waals surface area (Å²) >= 11 is 6.06. The average molecular weight is 425 g/mol. The molecular weight excluding hydrogens is 404 g/mol. The van der Waals surface area contributed by atoms with Gasteiger partial charge in [-0.1, -0.05) is 35.9 Å². The monoisotopic (exact) mass is 424 g/mol. The second-order valence-corrected chi connectivity index (χ2v) is 6.82. The minimum Gasteiger partial charge on any atom is -0.496 e. The number of amides is 2. The van der Waals surface area contributed by atoms with E-state index in [0.29, 0.717) is 33.5 Å². The zero-order valence-electron chi connectivity index (χ0n) is 16.5.